The maximum Gasteiger partial charge on any atom is 0.231 e. The third kappa shape index (κ3) is 3.20. The van der Waals surface area contributed by atoms with Gasteiger partial charge in [-0.05, 0) is 43.0 Å². The van der Waals surface area contributed by atoms with Crippen molar-refractivity contribution in [1.29, 1.82) is 0 Å². The van der Waals surface area contributed by atoms with Gasteiger partial charge in [0.25, 0.3) is 0 Å². The molecule has 0 aromatic heterocycles. The van der Waals surface area contributed by atoms with Crippen LogP contribution >= 0.6 is 0 Å². The molecule has 4 heteroatoms. The highest BCUT2D eigenvalue weighted by Crippen LogP contribution is 2.28. The number of nitrogens with one attached hydrogen (secondary N) is 1. The van der Waals surface area contributed by atoms with Crippen molar-refractivity contribution < 1.29 is 9.53 Å². The van der Waals surface area contributed by atoms with Crippen LogP contribution < -0.4 is 15.8 Å². The second-order valence-electron chi connectivity index (χ2n) is 4.21. The first-order chi connectivity index (χ1) is 7.97. The molecule has 1 aromatic rings. The maximum atomic E-state index is 10.6. The Labute approximate surface area is 102 Å². The molecule has 0 bridgehead atoms. The van der Waals surface area contributed by atoms with Gasteiger partial charge < -0.3 is 15.8 Å². The minimum absolute atomic E-state index is 0.198. The van der Waals surface area contributed by atoms with Crippen LogP contribution in [0.3, 0.4) is 0 Å². The molecule has 1 aromatic carbocycles. The SMILES string of the molecule is COc1c(C)cc(CNCC(N)=O)c(C)c1C. The van der Waals surface area contributed by atoms with Gasteiger partial charge in [0.1, 0.15) is 5.75 Å². The summed E-state index contributed by atoms with van der Waals surface area (Å²) in [6.45, 7) is 6.95. The van der Waals surface area contributed by atoms with Gasteiger partial charge in [-0.2, -0.15) is 0 Å². The smallest absolute Gasteiger partial charge is 0.231 e. The van der Waals surface area contributed by atoms with Crippen molar-refractivity contribution in [2.24, 2.45) is 5.73 Å². The predicted molar refractivity (Wildman–Crippen MR) is 68.1 cm³/mol. The summed E-state index contributed by atoms with van der Waals surface area (Å²) >= 11 is 0. The molecule has 0 saturated heterocycles. The minimum atomic E-state index is -0.343. The summed E-state index contributed by atoms with van der Waals surface area (Å²) in [5, 5.41) is 3.02. The molecule has 3 N–H and O–H groups in total. The number of hydrogen-bond donors (Lipinski definition) is 2. The molecule has 1 amide bonds. The lowest BCUT2D eigenvalue weighted by Crippen LogP contribution is -2.28. The number of methoxy groups -OCH3 is 1. The average Bonchev–Trinajstić information content (AvgIpc) is 2.25. The Morgan fingerprint density at radius 3 is 2.53 bits per heavy atom. The molecule has 0 aliphatic carbocycles. The maximum absolute atomic E-state index is 10.6. The van der Waals surface area contributed by atoms with Crippen LogP contribution in [0.5, 0.6) is 5.75 Å². The first kappa shape index (κ1) is 13.5. The second-order valence-corrected chi connectivity index (χ2v) is 4.21. The zero-order valence-electron chi connectivity index (χ0n) is 10.9. The highest BCUT2D eigenvalue weighted by molar-refractivity contribution is 5.75. The van der Waals surface area contributed by atoms with Gasteiger partial charge in [0.2, 0.25) is 5.91 Å². The number of primary amides is 1. The Balaban J connectivity index is 2.90. The normalized spacial score (nSPS) is 10.4. The van der Waals surface area contributed by atoms with Gasteiger partial charge >= 0.3 is 0 Å². The first-order valence-electron chi connectivity index (χ1n) is 5.60. The number of hydrogen-bond acceptors (Lipinski definition) is 3. The molecule has 0 radical (unpaired) electrons. The lowest BCUT2D eigenvalue weighted by molar-refractivity contribution is -0.117. The van der Waals surface area contributed by atoms with E-state index in [1.807, 2.05) is 13.8 Å². The Kier molecular flexibility index (Phi) is 4.52. The van der Waals surface area contributed by atoms with E-state index >= 15 is 0 Å². The van der Waals surface area contributed by atoms with Crippen molar-refractivity contribution in [3.63, 3.8) is 0 Å². The molecule has 0 unspecified atom stereocenters. The van der Waals surface area contributed by atoms with E-state index in [2.05, 4.69) is 18.3 Å². The lowest BCUT2D eigenvalue weighted by atomic mass is 9.98. The molecule has 0 aliphatic heterocycles. The molecule has 4 nitrogen and oxygen atoms in total. The largest absolute Gasteiger partial charge is 0.496 e. The van der Waals surface area contributed by atoms with Gasteiger partial charge in [-0.1, -0.05) is 6.07 Å². The number of rotatable bonds is 5. The van der Waals surface area contributed by atoms with Crippen molar-refractivity contribution in [2.45, 2.75) is 27.3 Å². The van der Waals surface area contributed by atoms with Gasteiger partial charge in [0.05, 0.1) is 13.7 Å². The highest BCUT2D eigenvalue weighted by atomic mass is 16.5. The van der Waals surface area contributed by atoms with Crippen molar-refractivity contribution in [2.75, 3.05) is 13.7 Å². The molecular formula is C13H20N2O2. The Morgan fingerprint density at radius 2 is 2.00 bits per heavy atom. The Bertz CT molecular complexity index is 428. The fraction of sp³-hybridized carbons (Fsp3) is 0.462. The van der Waals surface area contributed by atoms with Crippen LogP contribution in [0.1, 0.15) is 22.3 Å². The van der Waals surface area contributed by atoms with E-state index < -0.39 is 0 Å². The molecule has 0 fully saturated rings. The number of benzene rings is 1. The first-order valence-corrected chi connectivity index (χ1v) is 5.60. The molecule has 0 heterocycles. The number of carbonyl (C=O) groups excluding carboxylic acids is 1. The molecule has 0 spiro atoms. The number of carbonyl (C=O) groups is 1. The average molecular weight is 236 g/mol. The molecule has 94 valence electrons. The summed E-state index contributed by atoms with van der Waals surface area (Å²) in [5.41, 5.74) is 9.68. The zero-order chi connectivity index (χ0) is 13.0. The van der Waals surface area contributed by atoms with E-state index in [9.17, 15) is 4.79 Å². The van der Waals surface area contributed by atoms with Crippen LogP contribution in [0.25, 0.3) is 0 Å². The van der Waals surface area contributed by atoms with E-state index in [1.165, 1.54) is 11.1 Å². The van der Waals surface area contributed by atoms with E-state index in [1.54, 1.807) is 7.11 Å². The molecule has 1 rings (SSSR count). The summed E-state index contributed by atoms with van der Waals surface area (Å²) in [7, 11) is 1.68. The van der Waals surface area contributed by atoms with Crippen LogP contribution in [0.15, 0.2) is 6.07 Å². The van der Waals surface area contributed by atoms with Crippen LogP contribution in [0.4, 0.5) is 0 Å². The van der Waals surface area contributed by atoms with Crippen LogP contribution in [0.2, 0.25) is 0 Å². The zero-order valence-corrected chi connectivity index (χ0v) is 10.9. The summed E-state index contributed by atoms with van der Waals surface area (Å²) in [5.74, 6) is 0.589. The van der Waals surface area contributed by atoms with Gasteiger partial charge in [0.15, 0.2) is 0 Å². The van der Waals surface area contributed by atoms with Crippen LogP contribution in [0, 0.1) is 20.8 Å². The third-order valence-corrected chi connectivity index (χ3v) is 2.95. The van der Waals surface area contributed by atoms with Gasteiger partial charge in [-0.3, -0.25) is 4.79 Å². The van der Waals surface area contributed by atoms with E-state index in [0.717, 1.165) is 16.9 Å². The molecule has 0 saturated carbocycles. The lowest BCUT2D eigenvalue weighted by Gasteiger charge is -2.15. The topological polar surface area (TPSA) is 64.3 Å². The summed E-state index contributed by atoms with van der Waals surface area (Å²) in [4.78, 5) is 10.6. The Hall–Kier alpha value is -1.55. The number of nitrogens with two attached hydrogens (primary N) is 1. The Morgan fingerprint density at radius 1 is 1.35 bits per heavy atom. The fourth-order valence-electron chi connectivity index (χ4n) is 1.96. The molecular weight excluding hydrogens is 216 g/mol. The molecule has 0 aliphatic rings. The van der Waals surface area contributed by atoms with Gasteiger partial charge in [-0.15, -0.1) is 0 Å². The van der Waals surface area contributed by atoms with E-state index in [-0.39, 0.29) is 12.5 Å². The van der Waals surface area contributed by atoms with Crippen molar-refractivity contribution >= 4 is 5.91 Å². The fourth-order valence-corrected chi connectivity index (χ4v) is 1.96. The summed E-state index contributed by atoms with van der Waals surface area (Å²) < 4.78 is 5.36. The van der Waals surface area contributed by atoms with Crippen LogP contribution in [-0.4, -0.2) is 19.6 Å². The number of aryl methyl sites for hydroxylation is 1. The second kappa shape index (κ2) is 5.68. The van der Waals surface area contributed by atoms with Crippen molar-refractivity contribution in [3.8, 4) is 5.75 Å². The monoisotopic (exact) mass is 236 g/mol. The summed E-state index contributed by atoms with van der Waals surface area (Å²) in [6.07, 6.45) is 0. The standard InChI is InChI=1S/C13H20N2O2/c1-8-5-11(6-15-7-12(14)16)9(2)10(3)13(8)17-4/h5,15H,6-7H2,1-4H3,(H2,14,16). The number of ether oxygens (including phenoxy) is 1. The molecule has 0 atom stereocenters. The summed E-state index contributed by atoms with van der Waals surface area (Å²) in [6, 6.07) is 2.08. The number of amides is 1. The van der Waals surface area contributed by atoms with Crippen LogP contribution in [-0.2, 0) is 11.3 Å². The van der Waals surface area contributed by atoms with Gasteiger partial charge in [-0.25, -0.2) is 0 Å². The van der Waals surface area contributed by atoms with E-state index in [4.69, 9.17) is 10.5 Å². The van der Waals surface area contributed by atoms with Crippen molar-refractivity contribution in [3.05, 3.63) is 28.3 Å². The highest BCUT2D eigenvalue weighted by Gasteiger charge is 2.10. The third-order valence-electron chi connectivity index (χ3n) is 2.95. The van der Waals surface area contributed by atoms with E-state index in [0.29, 0.717) is 6.54 Å². The molecule has 17 heavy (non-hydrogen) atoms. The predicted octanol–water partition coefficient (Wildman–Crippen LogP) is 1.20. The van der Waals surface area contributed by atoms with Crippen molar-refractivity contribution in [1.82, 2.24) is 5.32 Å². The minimum Gasteiger partial charge on any atom is -0.496 e. The quantitative estimate of drug-likeness (QED) is 0.807. The van der Waals surface area contributed by atoms with Gasteiger partial charge in [0, 0.05) is 6.54 Å².